The molecule has 0 bridgehead atoms. The minimum atomic E-state index is -4.69. The van der Waals surface area contributed by atoms with Crippen LogP contribution in [0.4, 0.5) is 35.5 Å². The van der Waals surface area contributed by atoms with Crippen molar-refractivity contribution in [3.8, 4) is 11.5 Å². The van der Waals surface area contributed by atoms with Gasteiger partial charge in [0.15, 0.2) is 5.82 Å². The molecule has 1 aliphatic heterocycles. The van der Waals surface area contributed by atoms with E-state index < -0.39 is 23.5 Å². The Morgan fingerprint density at radius 1 is 1.23 bits per heavy atom. The first kappa shape index (κ1) is 24.8. The Kier molecular flexibility index (Phi) is 6.20. The third-order valence-corrected chi connectivity index (χ3v) is 6.66. The Bertz CT molecular complexity index is 1270. The summed E-state index contributed by atoms with van der Waals surface area (Å²) in [6.45, 7) is 10.7. The summed E-state index contributed by atoms with van der Waals surface area (Å²) in [6.07, 6.45) is -1.68. The third-order valence-electron chi connectivity index (χ3n) is 6.03. The second-order valence-corrected chi connectivity index (χ2v) is 10.2. The number of amides is 1. The van der Waals surface area contributed by atoms with Gasteiger partial charge in [0, 0.05) is 43.5 Å². The van der Waals surface area contributed by atoms with E-state index in [2.05, 4.69) is 57.2 Å². The Hall–Kier alpha value is -3.28. The van der Waals surface area contributed by atoms with Gasteiger partial charge in [0.05, 0.1) is 23.8 Å². The number of halogens is 3. The van der Waals surface area contributed by atoms with Gasteiger partial charge in [0.1, 0.15) is 17.1 Å². The molecule has 1 amide bonds. The molecule has 8 nitrogen and oxygen atoms in total. The summed E-state index contributed by atoms with van der Waals surface area (Å²) in [6, 6.07) is 3.16. The van der Waals surface area contributed by atoms with E-state index in [0.29, 0.717) is 17.6 Å². The van der Waals surface area contributed by atoms with Crippen molar-refractivity contribution in [1.29, 1.82) is 0 Å². The number of carbonyl (C=O) groups is 1. The molecule has 12 heteroatoms. The average Bonchev–Trinajstić information content (AvgIpc) is 3.34. The van der Waals surface area contributed by atoms with Gasteiger partial charge in [-0.1, -0.05) is 13.8 Å². The predicted molar refractivity (Wildman–Crippen MR) is 130 cm³/mol. The van der Waals surface area contributed by atoms with Crippen molar-refractivity contribution < 1.29 is 18.0 Å². The molecule has 4 heterocycles. The Balaban J connectivity index is 1.64. The lowest BCUT2D eigenvalue weighted by atomic mass is 9.87. The lowest BCUT2D eigenvalue weighted by Crippen LogP contribution is -2.33. The molecule has 0 spiro atoms. The molecular formula is C23H26F3N7OS. The quantitative estimate of drug-likeness (QED) is 0.507. The van der Waals surface area contributed by atoms with Crippen LogP contribution in [0.25, 0.3) is 11.5 Å². The van der Waals surface area contributed by atoms with Gasteiger partial charge in [-0.25, -0.2) is 4.98 Å². The summed E-state index contributed by atoms with van der Waals surface area (Å²) >= 11 is 0.918. The number of carbonyl (C=O) groups excluding carboxylic acids is 1. The summed E-state index contributed by atoms with van der Waals surface area (Å²) in [4.78, 5) is 27.7. The Labute approximate surface area is 205 Å². The molecule has 1 N–H and O–H groups in total. The number of rotatable bonds is 5. The van der Waals surface area contributed by atoms with Gasteiger partial charge in [0.2, 0.25) is 11.0 Å². The Morgan fingerprint density at radius 2 is 1.94 bits per heavy atom. The van der Waals surface area contributed by atoms with Crippen molar-refractivity contribution in [2.45, 2.75) is 52.3 Å². The van der Waals surface area contributed by atoms with E-state index in [4.69, 9.17) is 0 Å². The molecule has 0 unspecified atom stereocenters. The van der Waals surface area contributed by atoms with E-state index in [1.807, 2.05) is 6.07 Å². The van der Waals surface area contributed by atoms with E-state index in [9.17, 15) is 18.0 Å². The highest BCUT2D eigenvalue weighted by Crippen LogP contribution is 2.42. The zero-order valence-corrected chi connectivity index (χ0v) is 21.0. The van der Waals surface area contributed by atoms with Gasteiger partial charge in [-0.15, -0.1) is 0 Å². The Morgan fingerprint density at radius 3 is 2.57 bits per heavy atom. The van der Waals surface area contributed by atoms with Crippen LogP contribution >= 0.6 is 11.5 Å². The van der Waals surface area contributed by atoms with Crippen molar-refractivity contribution in [2.75, 3.05) is 28.7 Å². The number of alkyl halides is 3. The first-order valence-electron chi connectivity index (χ1n) is 11.0. The number of anilines is 4. The topological polar surface area (TPSA) is 87.1 Å². The zero-order valence-electron chi connectivity index (χ0n) is 20.2. The van der Waals surface area contributed by atoms with Crippen LogP contribution in [0, 0.1) is 0 Å². The number of pyridine rings is 2. The van der Waals surface area contributed by atoms with Gasteiger partial charge in [0.25, 0.3) is 0 Å². The smallest absolute Gasteiger partial charge is 0.367 e. The van der Waals surface area contributed by atoms with Crippen molar-refractivity contribution in [3.05, 3.63) is 35.7 Å². The van der Waals surface area contributed by atoms with Gasteiger partial charge in [-0.2, -0.15) is 22.5 Å². The number of nitrogens with zero attached hydrogens (tertiary/aromatic N) is 6. The van der Waals surface area contributed by atoms with Crippen LogP contribution in [0.1, 0.15) is 45.7 Å². The lowest BCUT2D eigenvalue weighted by molar-refractivity contribution is -0.137. The fraction of sp³-hybridized carbons (Fsp3) is 0.435. The monoisotopic (exact) mass is 505 g/mol. The van der Waals surface area contributed by atoms with Gasteiger partial charge in [-0.3, -0.25) is 9.78 Å². The zero-order chi connectivity index (χ0) is 25.7. The highest BCUT2D eigenvalue weighted by Gasteiger charge is 2.37. The largest absolute Gasteiger partial charge is 0.420 e. The number of nitrogens with one attached hydrogen (secondary N) is 1. The first-order chi connectivity index (χ1) is 16.3. The van der Waals surface area contributed by atoms with E-state index >= 15 is 0 Å². The van der Waals surface area contributed by atoms with Gasteiger partial charge >= 0.3 is 6.18 Å². The molecule has 35 heavy (non-hydrogen) atoms. The maximum atomic E-state index is 13.7. The minimum absolute atomic E-state index is 0.0359. The average molecular weight is 506 g/mol. The summed E-state index contributed by atoms with van der Waals surface area (Å²) in [5.74, 6) is -0.506. The fourth-order valence-electron chi connectivity index (χ4n) is 4.01. The SMILES string of the molecule is CC(=O)N(C)c1cnc(Nc2nc(-c3cc4c(cn3)N(C(C)C)CC4(C)C)ns2)c(C(F)(F)F)c1. The molecular weight excluding hydrogens is 479 g/mol. The van der Waals surface area contributed by atoms with Crippen LogP contribution in [0.2, 0.25) is 0 Å². The number of fused-ring (bicyclic) bond motifs is 1. The standard InChI is InChI=1S/C23H26F3N7OS/c1-12(2)33-11-22(4,5)15-8-17(27-10-18(15)33)20-30-21(35-31-20)29-19-16(23(24,25)26)7-14(9-28-19)32(6)13(3)34/h7-10,12H,11H2,1-6H3,(H,28,29,30,31). The molecule has 186 valence electrons. The summed E-state index contributed by atoms with van der Waals surface area (Å²) in [5, 5.41) is 2.78. The molecule has 3 aromatic rings. The number of aromatic nitrogens is 4. The first-order valence-corrected chi connectivity index (χ1v) is 11.7. The molecule has 0 fully saturated rings. The van der Waals surface area contributed by atoms with Gasteiger partial charge < -0.3 is 15.1 Å². The van der Waals surface area contributed by atoms with Crippen LogP contribution in [-0.2, 0) is 16.4 Å². The van der Waals surface area contributed by atoms with E-state index in [-0.39, 0.29) is 16.2 Å². The normalized spacial score (nSPS) is 14.9. The maximum Gasteiger partial charge on any atom is 0.420 e. The molecule has 0 atom stereocenters. The molecule has 3 aromatic heterocycles. The van der Waals surface area contributed by atoms with Crippen molar-refractivity contribution >= 4 is 39.8 Å². The highest BCUT2D eigenvalue weighted by molar-refractivity contribution is 7.09. The molecule has 0 saturated heterocycles. The fourth-order valence-corrected chi connectivity index (χ4v) is 4.59. The van der Waals surface area contributed by atoms with Crippen LogP contribution in [0.3, 0.4) is 0 Å². The molecule has 0 aliphatic carbocycles. The van der Waals surface area contributed by atoms with E-state index in [1.165, 1.54) is 20.2 Å². The van der Waals surface area contributed by atoms with Crippen molar-refractivity contribution in [3.63, 3.8) is 0 Å². The summed E-state index contributed by atoms with van der Waals surface area (Å²) in [7, 11) is 1.38. The van der Waals surface area contributed by atoms with E-state index in [0.717, 1.165) is 40.3 Å². The molecule has 4 rings (SSSR count). The van der Waals surface area contributed by atoms with Crippen LogP contribution in [0.15, 0.2) is 24.5 Å². The highest BCUT2D eigenvalue weighted by atomic mass is 32.1. The second-order valence-electron chi connectivity index (χ2n) is 9.41. The summed E-state index contributed by atoms with van der Waals surface area (Å²) in [5.41, 5.74) is 1.69. The second kappa shape index (κ2) is 8.74. The maximum absolute atomic E-state index is 13.7. The molecule has 1 aliphatic rings. The van der Waals surface area contributed by atoms with Crippen LogP contribution in [0.5, 0.6) is 0 Å². The predicted octanol–water partition coefficient (Wildman–Crippen LogP) is 5.25. The number of hydrogen-bond donors (Lipinski definition) is 1. The molecule has 0 saturated carbocycles. The van der Waals surface area contributed by atoms with E-state index in [1.54, 1.807) is 6.20 Å². The van der Waals surface area contributed by atoms with Gasteiger partial charge in [-0.05, 0) is 31.5 Å². The minimum Gasteiger partial charge on any atom is -0.367 e. The summed E-state index contributed by atoms with van der Waals surface area (Å²) < 4.78 is 45.5. The van der Waals surface area contributed by atoms with Crippen LogP contribution in [-0.4, -0.2) is 44.9 Å². The van der Waals surface area contributed by atoms with Crippen molar-refractivity contribution in [2.24, 2.45) is 0 Å². The molecule has 0 radical (unpaired) electrons. The number of hydrogen-bond acceptors (Lipinski definition) is 8. The van der Waals surface area contributed by atoms with Crippen molar-refractivity contribution in [1.82, 2.24) is 19.3 Å². The van der Waals surface area contributed by atoms with Crippen LogP contribution < -0.4 is 15.1 Å². The molecule has 0 aromatic carbocycles. The lowest BCUT2D eigenvalue weighted by Gasteiger charge is -2.25. The third kappa shape index (κ3) is 4.79.